The molecule has 0 spiro atoms. The minimum absolute atomic E-state index is 0.156. The summed E-state index contributed by atoms with van der Waals surface area (Å²) in [6.45, 7) is 7.53. The van der Waals surface area contributed by atoms with Crippen LogP contribution in [-0.4, -0.2) is 16.8 Å². The van der Waals surface area contributed by atoms with E-state index >= 15 is 0 Å². The van der Waals surface area contributed by atoms with E-state index in [1.165, 1.54) is 24.3 Å². The predicted octanol–water partition coefficient (Wildman–Crippen LogP) is 10.7. The first-order chi connectivity index (χ1) is 23.5. The van der Waals surface area contributed by atoms with E-state index in [4.69, 9.17) is 32.7 Å². The number of halogens is 2. The highest BCUT2D eigenvalue weighted by Crippen LogP contribution is 2.34. The van der Waals surface area contributed by atoms with E-state index in [1.54, 1.807) is 72.8 Å². The Bertz CT molecular complexity index is 2380. The molecule has 0 aromatic heterocycles. The summed E-state index contributed by atoms with van der Waals surface area (Å²) in [5.74, 6) is 1.67. The molecule has 0 fully saturated rings. The Labute approximate surface area is 303 Å². The lowest BCUT2D eigenvalue weighted by molar-refractivity contribution is 0.109. The van der Waals surface area contributed by atoms with Gasteiger partial charge in [-0.05, 0) is 147 Å². The predicted molar refractivity (Wildman–Crippen MR) is 198 cm³/mol. The number of rotatable bonds is 10. The summed E-state index contributed by atoms with van der Waals surface area (Å²) in [6.07, 6.45) is 0. The summed E-state index contributed by atoms with van der Waals surface area (Å²) >= 11 is 12.3. The van der Waals surface area contributed by atoms with Gasteiger partial charge < -0.3 is 9.47 Å². The van der Waals surface area contributed by atoms with Gasteiger partial charge in [-0.25, -0.2) is 16.8 Å². The Morgan fingerprint density at radius 3 is 1.38 bits per heavy atom. The molecule has 6 nitrogen and oxygen atoms in total. The van der Waals surface area contributed by atoms with E-state index < -0.39 is 30.1 Å². The number of benzene rings is 6. The van der Waals surface area contributed by atoms with Gasteiger partial charge in [0.1, 0.15) is 22.8 Å². The van der Waals surface area contributed by atoms with Crippen molar-refractivity contribution in [2.75, 3.05) is 0 Å². The molecule has 0 saturated heterocycles. The van der Waals surface area contributed by atoms with Crippen molar-refractivity contribution in [2.24, 2.45) is 0 Å². The Morgan fingerprint density at radius 1 is 0.480 bits per heavy atom. The van der Waals surface area contributed by atoms with Crippen LogP contribution in [0.25, 0.3) is 10.8 Å². The van der Waals surface area contributed by atoms with Crippen molar-refractivity contribution in [2.45, 2.75) is 57.8 Å². The average molecular weight is 746 g/mol. The molecule has 0 bridgehead atoms. The molecule has 10 heteroatoms. The average Bonchev–Trinajstić information content (AvgIpc) is 3.08. The van der Waals surface area contributed by atoms with E-state index in [2.05, 4.69) is 0 Å². The molecule has 6 rings (SSSR count). The van der Waals surface area contributed by atoms with Gasteiger partial charge in [-0.3, -0.25) is 0 Å². The van der Waals surface area contributed by atoms with Crippen molar-refractivity contribution >= 4 is 53.6 Å². The van der Waals surface area contributed by atoms with Crippen LogP contribution in [0.2, 0.25) is 5.02 Å². The maximum absolute atomic E-state index is 13.2. The third-order valence-corrected chi connectivity index (χ3v) is 12.4. The van der Waals surface area contributed by atoms with Gasteiger partial charge >= 0.3 is 0 Å². The zero-order valence-electron chi connectivity index (χ0n) is 27.7. The number of hydrogen-bond donors (Lipinski definition) is 0. The smallest absolute Gasteiger partial charge is 0.206 e. The number of ether oxygens (including phenoxy) is 2. The number of alkyl halides is 1. The molecule has 0 unspecified atom stereocenters. The van der Waals surface area contributed by atoms with Gasteiger partial charge in [0, 0.05) is 5.02 Å². The minimum Gasteiger partial charge on any atom is -0.483 e. The van der Waals surface area contributed by atoms with E-state index in [0.29, 0.717) is 22.3 Å². The fraction of sp³-hybridized carbons (Fsp3) is 0.150. The first-order valence-electron chi connectivity index (χ1n) is 15.7. The highest BCUT2D eigenvalue weighted by molar-refractivity contribution is 7.91. The van der Waals surface area contributed by atoms with Crippen LogP contribution in [0.3, 0.4) is 0 Å². The molecule has 0 saturated carbocycles. The van der Waals surface area contributed by atoms with E-state index in [0.717, 1.165) is 21.9 Å². The molecule has 0 aliphatic heterocycles. The molecular formula is C40H34Cl2O6S2. The molecule has 50 heavy (non-hydrogen) atoms. The van der Waals surface area contributed by atoms with Crippen LogP contribution >= 0.6 is 23.2 Å². The van der Waals surface area contributed by atoms with Crippen LogP contribution in [0.4, 0.5) is 0 Å². The summed E-state index contributed by atoms with van der Waals surface area (Å²) in [4.78, 5) is 0.0881. The Kier molecular flexibility index (Phi) is 9.52. The lowest BCUT2D eigenvalue weighted by Gasteiger charge is -2.27. The van der Waals surface area contributed by atoms with Gasteiger partial charge in [-0.15, -0.1) is 11.6 Å². The SMILES string of the molecule is CC(C)(Cl)c1ccc(S(=O)(=O)c2ccc(Oc3ccc4ccc(OC(C)(C)c5ccc(S(=O)(=O)c6ccc(Cl)cc6)cc5)cc4c3)cc2)cc1. The van der Waals surface area contributed by atoms with Crippen molar-refractivity contribution in [1.82, 2.24) is 0 Å². The van der Waals surface area contributed by atoms with E-state index in [1.807, 2.05) is 64.1 Å². The van der Waals surface area contributed by atoms with Gasteiger partial charge in [0.2, 0.25) is 19.7 Å². The molecule has 0 N–H and O–H groups in total. The third-order valence-electron chi connectivity index (χ3n) is 8.36. The molecule has 0 atom stereocenters. The zero-order chi connectivity index (χ0) is 35.9. The summed E-state index contributed by atoms with van der Waals surface area (Å²) in [7, 11) is -7.42. The van der Waals surface area contributed by atoms with Crippen LogP contribution in [0.5, 0.6) is 17.2 Å². The maximum Gasteiger partial charge on any atom is 0.206 e. The van der Waals surface area contributed by atoms with Crippen molar-refractivity contribution in [3.05, 3.63) is 150 Å². The van der Waals surface area contributed by atoms with Gasteiger partial charge in [-0.2, -0.15) is 0 Å². The molecule has 0 aliphatic rings. The van der Waals surface area contributed by atoms with Crippen LogP contribution in [0, 0.1) is 0 Å². The van der Waals surface area contributed by atoms with Crippen molar-refractivity contribution in [1.29, 1.82) is 0 Å². The highest BCUT2D eigenvalue weighted by atomic mass is 35.5. The van der Waals surface area contributed by atoms with Crippen LogP contribution < -0.4 is 9.47 Å². The summed E-state index contributed by atoms with van der Waals surface area (Å²) in [6, 6.07) is 37.1. The summed E-state index contributed by atoms with van der Waals surface area (Å²) < 4.78 is 65.2. The Hall–Kier alpha value is -4.34. The minimum atomic E-state index is -3.72. The van der Waals surface area contributed by atoms with Crippen molar-refractivity contribution in [3.63, 3.8) is 0 Å². The molecular weight excluding hydrogens is 711 g/mol. The number of hydrogen-bond acceptors (Lipinski definition) is 6. The van der Waals surface area contributed by atoms with Crippen LogP contribution in [-0.2, 0) is 30.1 Å². The maximum atomic E-state index is 13.2. The van der Waals surface area contributed by atoms with E-state index in [-0.39, 0.29) is 19.6 Å². The molecule has 6 aromatic rings. The first kappa shape index (κ1) is 35.5. The number of fused-ring (bicyclic) bond motifs is 1. The monoisotopic (exact) mass is 744 g/mol. The molecule has 6 aromatic carbocycles. The number of sulfone groups is 2. The topological polar surface area (TPSA) is 86.7 Å². The Morgan fingerprint density at radius 2 is 0.880 bits per heavy atom. The van der Waals surface area contributed by atoms with Gasteiger partial charge in [0.25, 0.3) is 0 Å². The van der Waals surface area contributed by atoms with Crippen molar-refractivity contribution < 1.29 is 26.3 Å². The second-order valence-corrected chi connectivity index (χ2v) is 18.1. The van der Waals surface area contributed by atoms with Gasteiger partial charge in [0.05, 0.1) is 24.5 Å². The van der Waals surface area contributed by atoms with Crippen molar-refractivity contribution in [3.8, 4) is 17.2 Å². The zero-order valence-corrected chi connectivity index (χ0v) is 30.9. The highest BCUT2D eigenvalue weighted by Gasteiger charge is 2.25. The van der Waals surface area contributed by atoms with E-state index in [9.17, 15) is 16.8 Å². The van der Waals surface area contributed by atoms with Crippen LogP contribution in [0.1, 0.15) is 38.8 Å². The summed E-state index contributed by atoms with van der Waals surface area (Å²) in [5, 5.41) is 2.32. The fourth-order valence-corrected chi connectivity index (χ4v) is 8.23. The molecule has 0 aliphatic carbocycles. The molecule has 256 valence electrons. The lowest BCUT2D eigenvalue weighted by Crippen LogP contribution is -2.25. The third kappa shape index (κ3) is 7.54. The van der Waals surface area contributed by atoms with Gasteiger partial charge in [-0.1, -0.05) is 48.0 Å². The fourth-order valence-electron chi connectivity index (χ4n) is 5.46. The largest absolute Gasteiger partial charge is 0.483 e. The molecule has 0 heterocycles. The standard InChI is InChI=1S/C40H34Cl2O6S2/c1-39(2,42)29-7-17-35(18-8-29)50(45,46)38-23-15-32(16-24-38)47-33-13-5-27-6-14-34(26-28(27)25-33)48-40(3,4)30-9-19-36(20-10-30)49(43,44)37-21-11-31(41)12-22-37/h5-26H,1-4H3. The summed E-state index contributed by atoms with van der Waals surface area (Å²) in [5.41, 5.74) is 0.844. The normalized spacial score (nSPS) is 12.5. The second kappa shape index (κ2) is 13.4. The van der Waals surface area contributed by atoms with Gasteiger partial charge in [0.15, 0.2) is 0 Å². The molecule has 0 amide bonds. The first-order valence-corrected chi connectivity index (χ1v) is 19.4. The Balaban J connectivity index is 1.16. The van der Waals surface area contributed by atoms with Crippen LogP contribution in [0.15, 0.2) is 153 Å². The lowest BCUT2D eigenvalue weighted by atomic mass is 9.98. The quantitative estimate of drug-likeness (QED) is 0.130. The molecule has 0 radical (unpaired) electrons. The second-order valence-electron chi connectivity index (χ2n) is 12.8.